The SMILES string of the molecule is CC(C)(C)c1ccc2c(c1)c1cc(C(C)(C)C)ccc1n2-c1ccc2c(c1)c1ccccc1n2-c1c(-c2ccccc2)cccc1-c1ccccc1. The smallest absolute Gasteiger partial charge is 0.0618 e. The van der Waals surface area contributed by atoms with Gasteiger partial charge in [-0.05, 0) is 81.6 Å². The summed E-state index contributed by atoms with van der Waals surface area (Å²) in [6, 6.07) is 58.4. The first-order valence-corrected chi connectivity index (χ1v) is 18.4. The fourth-order valence-corrected chi connectivity index (χ4v) is 8.06. The molecule has 9 aromatic rings. The van der Waals surface area contributed by atoms with Gasteiger partial charge in [0, 0.05) is 38.4 Å². The zero-order chi connectivity index (χ0) is 35.8. The van der Waals surface area contributed by atoms with E-state index < -0.39 is 0 Å². The molecule has 0 saturated heterocycles. The number of rotatable bonds is 4. The molecule has 0 aliphatic rings. The van der Waals surface area contributed by atoms with Crippen LogP contribution < -0.4 is 0 Å². The van der Waals surface area contributed by atoms with Gasteiger partial charge in [0.1, 0.15) is 0 Å². The lowest BCUT2D eigenvalue weighted by Gasteiger charge is -2.19. The Morgan fingerprint density at radius 2 is 0.788 bits per heavy atom. The molecule has 0 aliphatic carbocycles. The lowest BCUT2D eigenvalue weighted by molar-refractivity contribution is 0.590. The second-order valence-corrected chi connectivity index (χ2v) is 16.3. The molecule has 0 unspecified atom stereocenters. The van der Waals surface area contributed by atoms with Gasteiger partial charge in [-0.15, -0.1) is 0 Å². The van der Waals surface area contributed by atoms with Gasteiger partial charge in [0.15, 0.2) is 0 Å². The fourth-order valence-electron chi connectivity index (χ4n) is 8.06. The predicted molar refractivity (Wildman–Crippen MR) is 223 cm³/mol. The van der Waals surface area contributed by atoms with E-state index in [0.29, 0.717) is 0 Å². The highest BCUT2D eigenvalue weighted by atomic mass is 15.0. The maximum absolute atomic E-state index is 2.50. The summed E-state index contributed by atoms with van der Waals surface area (Å²) >= 11 is 0. The van der Waals surface area contributed by atoms with Crippen molar-refractivity contribution >= 4 is 43.6 Å². The molecule has 0 bridgehead atoms. The molecule has 2 heterocycles. The first kappa shape index (κ1) is 32.1. The third kappa shape index (κ3) is 5.16. The van der Waals surface area contributed by atoms with E-state index in [1.54, 1.807) is 0 Å². The van der Waals surface area contributed by atoms with Crippen molar-refractivity contribution in [2.24, 2.45) is 0 Å². The van der Waals surface area contributed by atoms with Gasteiger partial charge in [0.05, 0.1) is 27.8 Å². The second-order valence-electron chi connectivity index (χ2n) is 16.3. The van der Waals surface area contributed by atoms with Gasteiger partial charge in [-0.2, -0.15) is 0 Å². The summed E-state index contributed by atoms with van der Waals surface area (Å²) in [5.74, 6) is 0. The normalized spacial score (nSPS) is 12.4. The first-order chi connectivity index (χ1) is 25.1. The third-order valence-electron chi connectivity index (χ3n) is 10.8. The quantitative estimate of drug-likeness (QED) is 0.176. The average Bonchev–Trinajstić information content (AvgIpc) is 3.66. The average molecular weight is 673 g/mol. The van der Waals surface area contributed by atoms with Crippen LogP contribution in [0.2, 0.25) is 0 Å². The van der Waals surface area contributed by atoms with Crippen LogP contribution in [0.25, 0.3) is 77.2 Å². The minimum absolute atomic E-state index is 0.0552. The van der Waals surface area contributed by atoms with Gasteiger partial charge in [0.2, 0.25) is 0 Å². The lowest BCUT2D eigenvalue weighted by atomic mass is 9.85. The summed E-state index contributed by atoms with van der Waals surface area (Å²) in [7, 11) is 0. The maximum atomic E-state index is 2.50. The highest BCUT2D eigenvalue weighted by molar-refractivity contribution is 6.13. The lowest BCUT2D eigenvalue weighted by Crippen LogP contribution is -2.10. The van der Waals surface area contributed by atoms with E-state index in [0.717, 1.165) is 0 Å². The summed E-state index contributed by atoms with van der Waals surface area (Å²) in [6.45, 7) is 13.8. The number of benzene rings is 7. The number of hydrogen-bond donors (Lipinski definition) is 0. The van der Waals surface area contributed by atoms with Crippen LogP contribution in [0.1, 0.15) is 52.7 Å². The van der Waals surface area contributed by atoms with Crippen LogP contribution in [0, 0.1) is 0 Å². The van der Waals surface area contributed by atoms with Crippen molar-refractivity contribution in [1.29, 1.82) is 0 Å². The second kappa shape index (κ2) is 11.9. The van der Waals surface area contributed by atoms with Crippen LogP contribution in [0.3, 0.4) is 0 Å². The van der Waals surface area contributed by atoms with E-state index in [1.807, 2.05) is 0 Å². The molecule has 7 aromatic carbocycles. The highest BCUT2D eigenvalue weighted by Gasteiger charge is 2.23. The number of fused-ring (bicyclic) bond motifs is 6. The number of para-hydroxylation sites is 2. The zero-order valence-corrected chi connectivity index (χ0v) is 30.9. The Kier molecular flexibility index (Phi) is 7.31. The van der Waals surface area contributed by atoms with Crippen molar-refractivity contribution in [3.63, 3.8) is 0 Å². The first-order valence-electron chi connectivity index (χ1n) is 18.4. The van der Waals surface area contributed by atoms with E-state index in [9.17, 15) is 0 Å². The summed E-state index contributed by atoms with van der Waals surface area (Å²) in [5, 5.41) is 5.09. The van der Waals surface area contributed by atoms with E-state index in [-0.39, 0.29) is 10.8 Å². The van der Waals surface area contributed by atoms with Crippen molar-refractivity contribution in [2.45, 2.75) is 52.4 Å². The minimum atomic E-state index is 0.0552. The molecule has 0 aliphatic heterocycles. The van der Waals surface area contributed by atoms with Gasteiger partial charge >= 0.3 is 0 Å². The number of aromatic nitrogens is 2. The minimum Gasteiger partial charge on any atom is -0.309 e. The largest absolute Gasteiger partial charge is 0.309 e. The molecule has 0 radical (unpaired) electrons. The maximum Gasteiger partial charge on any atom is 0.0618 e. The van der Waals surface area contributed by atoms with Gasteiger partial charge < -0.3 is 9.13 Å². The van der Waals surface area contributed by atoms with E-state index in [4.69, 9.17) is 0 Å². The third-order valence-corrected chi connectivity index (χ3v) is 10.8. The molecule has 0 fully saturated rings. The van der Waals surface area contributed by atoms with Gasteiger partial charge in [-0.1, -0.05) is 151 Å². The summed E-state index contributed by atoms with van der Waals surface area (Å²) in [4.78, 5) is 0. The molecule has 254 valence electrons. The molecule has 2 aromatic heterocycles. The summed E-state index contributed by atoms with van der Waals surface area (Å²) in [5.41, 5.74) is 14.9. The molecule has 52 heavy (non-hydrogen) atoms. The summed E-state index contributed by atoms with van der Waals surface area (Å²) in [6.07, 6.45) is 0. The fraction of sp³-hybridized carbons (Fsp3) is 0.160. The molecule has 0 spiro atoms. The van der Waals surface area contributed by atoms with Crippen LogP contribution in [0.5, 0.6) is 0 Å². The Balaban J connectivity index is 1.35. The van der Waals surface area contributed by atoms with Crippen LogP contribution in [-0.4, -0.2) is 9.13 Å². The monoisotopic (exact) mass is 672 g/mol. The topological polar surface area (TPSA) is 9.86 Å². The molecule has 9 rings (SSSR count). The van der Waals surface area contributed by atoms with Crippen molar-refractivity contribution in [3.8, 4) is 33.6 Å². The molecule has 0 saturated carbocycles. The van der Waals surface area contributed by atoms with E-state index in [1.165, 1.54) is 88.4 Å². The van der Waals surface area contributed by atoms with E-state index in [2.05, 4.69) is 208 Å². The molecular weight excluding hydrogens is 629 g/mol. The van der Waals surface area contributed by atoms with E-state index >= 15 is 0 Å². The van der Waals surface area contributed by atoms with Crippen molar-refractivity contribution in [1.82, 2.24) is 9.13 Å². The van der Waals surface area contributed by atoms with Crippen molar-refractivity contribution in [2.75, 3.05) is 0 Å². The standard InChI is InChI=1S/C50H44N2/c1-49(2,3)35-24-27-45-41(30-35)42-31-36(50(4,5)6)25-28-46(42)51(45)37-26-29-47-43(32-37)40-20-13-14-23-44(40)52(47)48-38(33-16-9-7-10-17-33)21-15-22-39(48)34-18-11-8-12-19-34/h7-32H,1-6H3. The summed E-state index contributed by atoms with van der Waals surface area (Å²) < 4.78 is 4.97. The molecular formula is C50H44N2. The van der Waals surface area contributed by atoms with Gasteiger partial charge in [-0.3, -0.25) is 0 Å². The number of hydrogen-bond acceptors (Lipinski definition) is 0. The van der Waals surface area contributed by atoms with Crippen LogP contribution >= 0.6 is 0 Å². The Hall–Kier alpha value is -5.86. The van der Waals surface area contributed by atoms with Crippen LogP contribution in [0.15, 0.2) is 158 Å². The number of nitrogens with zero attached hydrogens (tertiary/aromatic N) is 2. The van der Waals surface area contributed by atoms with Gasteiger partial charge in [-0.25, -0.2) is 0 Å². The van der Waals surface area contributed by atoms with Gasteiger partial charge in [0.25, 0.3) is 0 Å². The zero-order valence-electron chi connectivity index (χ0n) is 30.9. The van der Waals surface area contributed by atoms with Crippen molar-refractivity contribution < 1.29 is 0 Å². The molecule has 2 heteroatoms. The molecule has 2 nitrogen and oxygen atoms in total. The van der Waals surface area contributed by atoms with Crippen LogP contribution in [0.4, 0.5) is 0 Å². The Labute approximate surface area is 306 Å². The molecule has 0 atom stereocenters. The highest BCUT2D eigenvalue weighted by Crippen LogP contribution is 2.43. The Bertz CT molecular complexity index is 2650. The Morgan fingerprint density at radius 3 is 1.33 bits per heavy atom. The predicted octanol–water partition coefficient (Wildman–Crippen LogP) is 13.8. The van der Waals surface area contributed by atoms with Crippen LogP contribution in [-0.2, 0) is 10.8 Å². The Morgan fingerprint density at radius 1 is 0.346 bits per heavy atom. The molecule has 0 amide bonds. The molecule has 0 N–H and O–H groups in total. The van der Waals surface area contributed by atoms with Crippen molar-refractivity contribution in [3.05, 3.63) is 169 Å².